The highest BCUT2D eigenvalue weighted by Crippen LogP contribution is 2.52. The molecule has 8 rings (SSSR count). The summed E-state index contributed by atoms with van der Waals surface area (Å²) >= 11 is 0. The molecular formula is C36H24O2. The number of hydrogen-bond donors (Lipinski definition) is 2. The summed E-state index contributed by atoms with van der Waals surface area (Å²) in [6, 6.07) is 44.8. The first-order valence-electron chi connectivity index (χ1n) is 13.0. The maximum atomic E-state index is 12.3. The summed E-state index contributed by atoms with van der Waals surface area (Å²) in [5.74, 6) is 0. The molecule has 0 fully saturated rings. The number of benzene rings is 6. The predicted octanol–water partition coefficient (Wildman–Crippen LogP) is 7.37. The van der Waals surface area contributed by atoms with Gasteiger partial charge in [0.1, 0.15) is 11.2 Å². The Hall–Kier alpha value is -4.50. The Morgan fingerprint density at radius 3 is 0.947 bits per heavy atom. The summed E-state index contributed by atoms with van der Waals surface area (Å²) in [5, 5.41) is 26.6. The van der Waals surface area contributed by atoms with E-state index in [1.807, 2.05) is 84.9 Å². The van der Waals surface area contributed by atoms with Gasteiger partial charge in [-0.2, -0.15) is 0 Å². The molecule has 180 valence electrons. The van der Waals surface area contributed by atoms with E-state index < -0.39 is 11.2 Å². The molecule has 0 atom stereocenters. The Labute approximate surface area is 221 Å². The molecule has 6 aromatic rings. The first kappa shape index (κ1) is 21.6. The standard InChI is InChI=1S/C36H24O2/c37-35(31-13-5-1-9-27(31)28-10-2-6-14-32(28)35)25-19-17-24-22-26(20-18-23(24)21-25)36(38)33-15-7-3-11-29(33)30-12-4-8-16-34(30)36/h1-22,37-38H. The van der Waals surface area contributed by atoms with Crippen LogP contribution in [0.4, 0.5) is 0 Å². The minimum absolute atomic E-state index is 0.838. The quantitative estimate of drug-likeness (QED) is 0.267. The van der Waals surface area contributed by atoms with Gasteiger partial charge in [-0.15, -0.1) is 0 Å². The number of fused-ring (bicyclic) bond motifs is 7. The Balaban J connectivity index is 1.30. The SMILES string of the molecule is OC1(c2ccc3cc(C4(O)c5ccccc5-c5ccccc54)ccc3c2)c2ccccc2-c2ccccc21. The fraction of sp³-hybridized carbons (Fsp3) is 0.0556. The van der Waals surface area contributed by atoms with Gasteiger partial charge in [0, 0.05) is 22.3 Å². The van der Waals surface area contributed by atoms with Crippen molar-refractivity contribution in [3.63, 3.8) is 0 Å². The zero-order valence-corrected chi connectivity index (χ0v) is 20.6. The molecule has 0 aromatic heterocycles. The molecule has 0 radical (unpaired) electrons. The molecule has 0 saturated heterocycles. The van der Waals surface area contributed by atoms with Crippen LogP contribution in [0.2, 0.25) is 0 Å². The van der Waals surface area contributed by atoms with Crippen molar-refractivity contribution in [2.75, 3.05) is 0 Å². The lowest BCUT2D eigenvalue weighted by Gasteiger charge is -2.28. The second-order valence-corrected chi connectivity index (χ2v) is 10.4. The average Bonchev–Trinajstić information content (AvgIpc) is 3.41. The van der Waals surface area contributed by atoms with Crippen molar-refractivity contribution in [2.45, 2.75) is 11.2 Å². The Kier molecular flexibility index (Phi) is 4.27. The minimum atomic E-state index is -1.22. The van der Waals surface area contributed by atoms with Crippen molar-refractivity contribution in [3.05, 3.63) is 167 Å². The maximum absolute atomic E-state index is 12.3. The van der Waals surface area contributed by atoms with Gasteiger partial charge in [-0.25, -0.2) is 0 Å². The fourth-order valence-corrected chi connectivity index (χ4v) is 6.74. The zero-order chi connectivity index (χ0) is 25.5. The van der Waals surface area contributed by atoms with Gasteiger partial charge < -0.3 is 10.2 Å². The van der Waals surface area contributed by atoms with Gasteiger partial charge in [-0.05, 0) is 56.3 Å². The van der Waals surface area contributed by atoms with Gasteiger partial charge in [-0.3, -0.25) is 0 Å². The third-order valence-corrected chi connectivity index (χ3v) is 8.52. The van der Waals surface area contributed by atoms with Crippen LogP contribution in [-0.4, -0.2) is 10.2 Å². The normalized spacial score (nSPS) is 15.5. The van der Waals surface area contributed by atoms with Crippen LogP contribution in [0.15, 0.2) is 133 Å². The maximum Gasteiger partial charge on any atom is 0.141 e. The molecule has 2 N–H and O–H groups in total. The van der Waals surface area contributed by atoms with Gasteiger partial charge in [0.2, 0.25) is 0 Å². The molecule has 2 aliphatic carbocycles. The molecule has 0 saturated carbocycles. The minimum Gasteiger partial charge on any atom is -0.376 e. The van der Waals surface area contributed by atoms with Gasteiger partial charge in [0.15, 0.2) is 0 Å². The van der Waals surface area contributed by atoms with Crippen LogP contribution in [-0.2, 0) is 11.2 Å². The Morgan fingerprint density at radius 2 is 0.632 bits per heavy atom. The third-order valence-electron chi connectivity index (χ3n) is 8.52. The molecule has 6 aromatic carbocycles. The molecule has 2 heteroatoms. The second kappa shape index (κ2) is 7.52. The van der Waals surface area contributed by atoms with Crippen LogP contribution in [0.1, 0.15) is 33.4 Å². The topological polar surface area (TPSA) is 40.5 Å². The van der Waals surface area contributed by atoms with E-state index in [0.29, 0.717) is 0 Å². The Morgan fingerprint density at radius 1 is 0.342 bits per heavy atom. The van der Waals surface area contributed by atoms with Crippen LogP contribution in [0.3, 0.4) is 0 Å². The summed E-state index contributed by atoms with van der Waals surface area (Å²) in [7, 11) is 0. The van der Waals surface area contributed by atoms with E-state index in [2.05, 4.69) is 48.5 Å². The summed E-state index contributed by atoms with van der Waals surface area (Å²) < 4.78 is 0. The van der Waals surface area contributed by atoms with E-state index in [1.54, 1.807) is 0 Å². The zero-order valence-electron chi connectivity index (χ0n) is 20.6. The van der Waals surface area contributed by atoms with E-state index in [0.717, 1.165) is 66.4 Å². The predicted molar refractivity (Wildman–Crippen MR) is 152 cm³/mol. The largest absolute Gasteiger partial charge is 0.376 e. The summed E-state index contributed by atoms with van der Waals surface area (Å²) in [6.45, 7) is 0. The first-order chi connectivity index (χ1) is 18.6. The van der Waals surface area contributed by atoms with Crippen LogP contribution >= 0.6 is 0 Å². The smallest absolute Gasteiger partial charge is 0.141 e. The molecule has 38 heavy (non-hydrogen) atoms. The van der Waals surface area contributed by atoms with Crippen molar-refractivity contribution in [1.82, 2.24) is 0 Å². The average molecular weight is 489 g/mol. The number of hydrogen-bond acceptors (Lipinski definition) is 2. The summed E-state index contributed by atoms with van der Waals surface area (Å²) in [4.78, 5) is 0. The lowest BCUT2D eigenvalue weighted by Crippen LogP contribution is -2.26. The first-order valence-corrected chi connectivity index (χ1v) is 13.0. The van der Waals surface area contributed by atoms with Crippen molar-refractivity contribution < 1.29 is 10.2 Å². The van der Waals surface area contributed by atoms with E-state index in [4.69, 9.17) is 0 Å². The molecule has 0 bridgehead atoms. The van der Waals surface area contributed by atoms with Crippen LogP contribution in [0.5, 0.6) is 0 Å². The van der Waals surface area contributed by atoms with E-state index in [-0.39, 0.29) is 0 Å². The molecule has 2 aliphatic rings. The van der Waals surface area contributed by atoms with Gasteiger partial charge in [0.25, 0.3) is 0 Å². The lowest BCUT2D eigenvalue weighted by molar-refractivity contribution is 0.130. The lowest BCUT2D eigenvalue weighted by atomic mass is 9.81. The van der Waals surface area contributed by atoms with Crippen molar-refractivity contribution >= 4 is 10.8 Å². The molecule has 0 heterocycles. The second-order valence-electron chi connectivity index (χ2n) is 10.4. The molecule has 0 amide bonds. The molecule has 0 spiro atoms. The van der Waals surface area contributed by atoms with Gasteiger partial charge in [0.05, 0.1) is 0 Å². The highest BCUT2D eigenvalue weighted by molar-refractivity contribution is 5.89. The van der Waals surface area contributed by atoms with E-state index in [9.17, 15) is 10.2 Å². The van der Waals surface area contributed by atoms with Crippen LogP contribution in [0, 0.1) is 0 Å². The highest BCUT2D eigenvalue weighted by atomic mass is 16.3. The summed E-state index contributed by atoms with van der Waals surface area (Å²) in [5.41, 5.74) is 7.15. The number of rotatable bonds is 2. The van der Waals surface area contributed by atoms with E-state index >= 15 is 0 Å². The van der Waals surface area contributed by atoms with Gasteiger partial charge in [-0.1, -0.05) is 121 Å². The highest BCUT2D eigenvalue weighted by Gasteiger charge is 2.44. The van der Waals surface area contributed by atoms with Gasteiger partial charge >= 0.3 is 0 Å². The van der Waals surface area contributed by atoms with E-state index in [1.165, 1.54) is 0 Å². The van der Waals surface area contributed by atoms with Crippen molar-refractivity contribution in [2.24, 2.45) is 0 Å². The Bertz CT molecular complexity index is 1680. The number of aliphatic hydroxyl groups is 2. The van der Waals surface area contributed by atoms with Crippen LogP contribution < -0.4 is 0 Å². The monoisotopic (exact) mass is 488 g/mol. The summed E-state index contributed by atoms with van der Waals surface area (Å²) in [6.07, 6.45) is 0. The van der Waals surface area contributed by atoms with Crippen molar-refractivity contribution in [1.29, 1.82) is 0 Å². The molecule has 0 unspecified atom stereocenters. The molecule has 0 aliphatic heterocycles. The third kappa shape index (κ3) is 2.63. The molecular weight excluding hydrogens is 464 g/mol. The molecule has 2 nitrogen and oxygen atoms in total. The fourth-order valence-electron chi connectivity index (χ4n) is 6.74. The van der Waals surface area contributed by atoms with Crippen molar-refractivity contribution in [3.8, 4) is 22.3 Å². The van der Waals surface area contributed by atoms with Crippen LogP contribution in [0.25, 0.3) is 33.0 Å².